The van der Waals surface area contributed by atoms with Gasteiger partial charge in [-0.2, -0.15) is 4.98 Å². The Balaban J connectivity index is 1.72. The van der Waals surface area contributed by atoms with E-state index in [0.29, 0.717) is 12.2 Å². The van der Waals surface area contributed by atoms with E-state index in [1.165, 1.54) is 23.8 Å². The Morgan fingerprint density at radius 3 is 2.59 bits per heavy atom. The molecule has 4 aromatic rings. The van der Waals surface area contributed by atoms with Gasteiger partial charge in [0, 0.05) is 19.0 Å². The number of unbranched alkanes of at least 4 members (excludes halogenated alkanes) is 5. The molecule has 3 aromatic heterocycles. The lowest BCUT2D eigenvalue weighted by atomic mass is 10.1. The van der Waals surface area contributed by atoms with Crippen LogP contribution in [0.5, 0.6) is 5.88 Å². The van der Waals surface area contributed by atoms with E-state index in [1.54, 1.807) is 11.6 Å². The van der Waals surface area contributed by atoms with E-state index in [0.717, 1.165) is 30.2 Å². The number of fused-ring (bicyclic) bond motifs is 2. The van der Waals surface area contributed by atoms with Gasteiger partial charge >= 0.3 is 5.69 Å². The normalized spacial score (nSPS) is 11.9. The van der Waals surface area contributed by atoms with Crippen LogP contribution < -0.4 is 11.2 Å². The van der Waals surface area contributed by atoms with Gasteiger partial charge in [-0.3, -0.25) is 14.3 Å². The molecule has 0 saturated carbocycles. The number of nitrogens with zero attached hydrogens (tertiary/aromatic N) is 5. The zero-order valence-corrected chi connectivity index (χ0v) is 18.3. The fourth-order valence-corrected chi connectivity index (χ4v) is 3.87. The van der Waals surface area contributed by atoms with Gasteiger partial charge in [0.05, 0.1) is 5.52 Å². The standard InChI is InChI=1S/C22H27N7O3/c1-3-4-5-6-7-10-13-29-17-18(28(2)22(32)25-20(17)31)24-21(29)27-26-16-14-11-8-9-12-15(14)23-19(16)30/h8-9,11-12,23,30H,3-7,10,13H2,1-2H3,(H,25,31,32). The number of H-pyrrole nitrogens is 2. The van der Waals surface area contributed by atoms with E-state index < -0.39 is 11.2 Å². The topological polar surface area (TPSA) is 133 Å². The molecule has 0 aliphatic rings. The number of benzene rings is 1. The van der Waals surface area contributed by atoms with Gasteiger partial charge < -0.3 is 14.7 Å². The molecule has 4 rings (SSSR count). The van der Waals surface area contributed by atoms with E-state index in [1.807, 2.05) is 24.3 Å². The third-order valence-electron chi connectivity index (χ3n) is 5.62. The van der Waals surface area contributed by atoms with Gasteiger partial charge in [-0.25, -0.2) is 4.79 Å². The number of aromatic amines is 2. The predicted molar refractivity (Wildman–Crippen MR) is 123 cm³/mol. The van der Waals surface area contributed by atoms with Crippen molar-refractivity contribution in [1.29, 1.82) is 0 Å². The van der Waals surface area contributed by atoms with E-state index >= 15 is 0 Å². The smallest absolute Gasteiger partial charge is 0.329 e. The number of azo groups is 1. The summed E-state index contributed by atoms with van der Waals surface area (Å²) in [5.74, 6) is 0.115. The maximum Gasteiger partial charge on any atom is 0.329 e. The van der Waals surface area contributed by atoms with Crippen molar-refractivity contribution in [2.24, 2.45) is 17.3 Å². The fraction of sp³-hybridized carbons (Fsp3) is 0.409. The Kier molecular flexibility index (Phi) is 6.20. The minimum atomic E-state index is -0.538. The molecule has 10 nitrogen and oxygen atoms in total. The summed E-state index contributed by atoms with van der Waals surface area (Å²) >= 11 is 0. The largest absolute Gasteiger partial charge is 0.493 e. The number of hydrogen-bond acceptors (Lipinski definition) is 6. The van der Waals surface area contributed by atoms with Gasteiger partial charge in [0.2, 0.25) is 5.88 Å². The molecule has 168 valence electrons. The highest BCUT2D eigenvalue weighted by atomic mass is 16.3. The summed E-state index contributed by atoms with van der Waals surface area (Å²) in [6.45, 7) is 2.70. The van der Waals surface area contributed by atoms with Gasteiger partial charge in [-0.15, -0.1) is 10.2 Å². The highest BCUT2D eigenvalue weighted by Crippen LogP contribution is 2.36. The third kappa shape index (κ3) is 4.08. The fourth-order valence-electron chi connectivity index (χ4n) is 3.87. The first-order valence-electron chi connectivity index (χ1n) is 10.9. The summed E-state index contributed by atoms with van der Waals surface area (Å²) in [4.78, 5) is 34.2. The first-order valence-corrected chi connectivity index (χ1v) is 10.9. The van der Waals surface area contributed by atoms with Crippen LogP contribution in [0.3, 0.4) is 0 Å². The molecule has 0 radical (unpaired) electrons. The van der Waals surface area contributed by atoms with Crippen molar-refractivity contribution in [1.82, 2.24) is 24.1 Å². The zero-order chi connectivity index (χ0) is 22.7. The molecule has 3 heterocycles. The number of aromatic hydroxyl groups is 1. The molecule has 0 atom stereocenters. The lowest BCUT2D eigenvalue weighted by Crippen LogP contribution is -2.29. The molecule has 1 aromatic carbocycles. The molecule has 3 N–H and O–H groups in total. The number of para-hydroxylation sites is 1. The predicted octanol–water partition coefficient (Wildman–Crippen LogP) is 4.39. The van der Waals surface area contributed by atoms with Crippen molar-refractivity contribution in [3.8, 4) is 5.88 Å². The van der Waals surface area contributed by atoms with Gasteiger partial charge in [-0.05, 0) is 12.5 Å². The van der Waals surface area contributed by atoms with Crippen molar-refractivity contribution >= 4 is 33.7 Å². The van der Waals surface area contributed by atoms with E-state index in [2.05, 4.69) is 32.1 Å². The molecule has 0 amide bonds. The van der Waals surface area contributed by atoms with E-state index in [-0.39, 0.29) is 23.0 Å². The summed E-state index contributed by atoms with van der Waals surface area (Å²) in [7, 11) is 1.55. The summed E-state index contributed by atoms with van der Waals surface area (Å²) in [6, 6.07) is 7.36. The molecule has 10 heteroatoms. The van der Waals surface area contributed by atoms with Crippen LogP contribution in [-0.2, 0) is 13.6 Å². The van der Waals surface area contributed by atoms with Crippen LogP contribution in [0.2, 0.25) is 0 Å². The molecule has 0 fully saturated rings. The molecular formula is C22H27N7O3. The Hall–Kier alpha value is -3.69. The van der Waals surface area contributed by atoms with Gasteiger partial charge in [0.15, 0.2) is 16.9 Å². The van der Waals surface area contributed by atoms with E-state index in [9.17, 15) is 14.7 Å². The molecule has 32 heavy (non-hydrogen) atoms. The first kappa shape index (κ1) is 21.5. The Morgan fingerprint density at radius 2 is 1.78 bits per heavy atom. The molecule has 0 spiro atoms. The maximum absolute atomic E-state index is 12.6. The Bertz CT molecular complexity index is 1390. The number of hydrogen-bond donors (Lipinski definition) is 3. The molecule has 0 aliphatic carbocycles. The average Bonchev–Trinajstić information content (AvgIpc) is 3.30. The number of aryl methyl sites for hydroxylation is 2. The number of rotatable bonds is 9. The average molecular weight is 438 g/mol. The van der Waals surface area contributed by atoms with Crippen LogP contribution in [0.15, 0.2) is 44.1 Å². The van der Waals surface area contributed by atoms with Gasteiger partial charge in [0.25, 0.3) is 11.5 Å². The molecule has 0 aliphatic heterocycles. The molecular weight excluding hydrogens is 410 g/mol. The summed E-state index contributed by atoms with van der Waals surface area (Å²) in [5, 5.41) is 19.5. The highest BCUT2D eigenvalue weighted by molar-refractivity contribution is 5.94. The minimum absolute atomic E-state index is 0.0983. The number of imidazole rings is 1. The summed E-state index contributed by atoms with van der Waals surface area (Å²) < 4.78 is 2.99. The summed E-state index contributed by atoms with van der Waals surface area (Å²) in [6.07, 6.45) is 6.56. The van der Waals surface area contributed by atoms with Crippen molar-refractivity contribution in [3.63, 3.8) is 0 Å². The first-order chi connectivity index (χ1) is 15.5. The summed E-state index contributed by atoms with van der Waals surface area (Å²) in [5.41, 5.74) is 0.530. The van der Waals surface area contributed by atoms with Crippen LogP contribution in [0, 0.1) is 0 Å². The van der Waals surface area contributed by atoms with Gasteiger partial charge in [-0.1, -0.05) is 57.2 Å². The minimum Gasteiger partial charge on any atom is -0.493 e. The van der Waals surface area contributed by atoms with E-state index in [4.69, 9.17) is 0 Å². The second kappa shape index (κ2) is 9.21. The second-order valence-corrected chi connectivity index (χ2v) is 7.89. The SMILES string of the molecule is CCCCCCCCn1c(N=Nc2c(O)[nH]c3ccccc23)nc2c1c(=O)[nH]c(=O)n2C. The Labute approximate surface area is 183 Å². The molecule has 0 bridgehead atoms. The Morgan fingerprint density at radius 1 is 1.03 bits per heavy atom. The number of nitrogens with one attached hydrogen (secondary N) is 2. The molecule has 0 saturated heterocycles. The third-order valence-corrected chi connectivity index (χ3v) is 5.62. The van der Waals surface area contributed by atoms with Crippen molar-refractivity contribution in [2.45, 2.75) is 52.0 Å². The number of aromatic nitrogens is 5. The van der Waals surface area contributed by atoms with Crippen molar-refractivity contribution in [3.05, 3.63) is 45.1 Å². The maximum atomic E-state index is 12.6. The zero-order valence-electron chi connectivity index (χ0n) is 18.3. The van der Waals surface area contributed by atoms with Crippen LogP contribution in [0.25, 0.3) is 22.1 Å². The van der Waals surface area contributed by atoms with Crippen LogP contribution in [0.1, 0.15) is 45.4 Å². The van der Waals surface area contributed by atoms with Crippen molar-refractivity contribution < 1.29 is 5.11 Å². The molecule has 0 unspecified atom stereocenters. The lowest BCUT2D eigenvalue weighted by Gasteiger charge is -2.06. The van der Waals surface area contributed by atoms with Crippen molar-refractivity contribution in [2.75, 3.05) is 0 Å². The highest BCUT2D eigenvalue weighted by Gasteiger charge is 2.18. The second-order valence-electron chi connectivity index (χ2n) is 7.89. The monoisotopic (exact) mass is 437 g/mol. The lowest BCUT2D eigenvalue weighted by molar-refractivity contribution is 0.459. The van der Waals surface area contributed by atoms with Crippen LogP contribution >= 0.6 is 0 Å². The van der Waals surface area contributed by atoms with Gasteiger partial charge in [0.1, 0.15) is 0 Å². The quantitative estimate of drug-likeness (QED) is 0.264. The van der Waals surface area contributed by atoms with Crippen LogP contribution in [-0.4, -0.2) is 29.2 Å². The van der Waals surface area contributed by atoms with Crippen LogP contribution in [0.4, 0.5) is 11.6 Å².